The van der Waals surface area contributed by atoms with Crippen molar-refractivity contribution in [1.29, 1.82) is 0 Å². The van der Waals surface area contributed by atoms with Gasteiger partial charge in [0.2, 0.25) is 0 Å². The fraction of sp³-hybridized carbons (Fsp3) is 0.143. The first kappa shape index (κ1) is 12.7. The Balaban J connectivity index is 2.00. The average Bonchev–Trinajstić information content (AvgIpc) is 2.37. The van der Waals surface area contributed by atoms with E-state index in [1.165, 1.54) is 30.3 Å². The molecule has 1 atom stereocenters. The zero-order valence-corrected chi connectivity index (χ0v) is 9.51. The van der Waals surface area contributed by atoms with Gasteiger partial charge in [-0.1, -0.05) is 30.3 Å². The van der Waals surface area contributed by atoms with E-state index >= 15 is 0 Å². The highest BCUT2D eigenvalue weighted by atomic mass is 19.1. The first-order valence-corrected chi connectivity index (χ1v) is 5.45. The predicted octanol–water partition coefficient (Wildman–Crippen LogP) is 3.17. The highest BCUT2D eigenvalue weighted by Crippen LogP contribution is 2.19. The van der Waals surface area contributed by atoms with Gasteiger partial charge in [-0.15, -0.1) is 0 Å². The van der Waals surface area contributed by atoms with Crippen LogP contribution in [0, 0.1) is 11.6 Å². The molecular formula is C14H12F2O2. The van der Waals surface area contributed by atoms with Crippen LogP contribution in [-0.2, 0) is 11.3 Å². The molecule has 18 heavy (non-hydrogen) atoms. The van der Waals surface area contributed by atoms with E-state index in [-0.39, 0.29) is 18.0 Å². The standard InChI is InChI=1S/C14H12F2O2/c15-11-5-3-4-10(8-11)9-18-14(17)12-6-1-2-7-13(12)16/h1-8,14,17H,9H2. The summed E-state index contributed by atoms with van der Waals surface area (Å²) >= 11 is 0. The van der Waals surface area contributed by atoms with Crippen molar-refractivity contribution in [3.63, 3.8) is 0 Å². The lowest BCUT2D eigenvalue weighted by atomic mass is 10.2. The minimum absolute atomic E-state index is 0.00720. The van der Waals surface area contributed by atoms with Crippen molar-refractivity contribution >= 4 is 0 Å². The van der Waals surface area contributed by atoms with E-state index in [1.54, 1.807) is 18.2 Å². The molecule has 4 heteroatoms. The highest BCUT2D eigenvalue weighted by Gasteiger charge is 2.12. The lowest BCUT2D eigenvalue weighted by molar-refractivity contribution is -0.113. The lowest BCUT2D eigenvalue weighted by Gasteiger charge is -2.13. The largest absolute Gasteiger partial charge is 0.364 e. The van der Waals surface area contributed by atoms with Gasteiger partial charge in [0.05, 0.1) is 6.61 Å². The van der Waals surface area contributed by atoms with Crippen molar-refractivity contribution in [2.75, 3.05) is 0 Å². The summed E-state index contributed by atoms with van der Waals surface area (Å²) < 4.78 is 31.3. The summed E-state index contributed by atoms with van der Waals surface area (Å²) in [6.45, 7) is 0.00720. The van der Waals surface area contributed by atoms with E-state index in [9.17, 15) is 13.9 Å². The number of halogens is 2. The number of rotatable bonds is 4. The SMILES string of the molecule is OC(OCc1cccc(F)c1)c1ccccc1F. The predicted molar refractivity (Wildman–Crippen MR) is 62.5 cm³/mol. The minimum atomic E-state index is -1.37. The molecule has 2 aromatic rings. The number of aliphatic hydroxyl groups is 1. The van der Waals surface area contributed by atoms with E-state index in [2.05, 4.69) is 0 Å². The summed E-state index contributed by atoms with van der Waals surface area (Å²) in [5.74, 6) is -0.916. The van der Waals surface area contributed by atoms with Crippen LogP contribution in [-0.4, -0.2) is 5.11 Å². The molecule has 2 rings (SSSR count). The van der Waals surface area contributed by atoms with E-state index in [1.807, 2.05) is 0 Å². The summed E-state index contributed by atoms with van der Waals surface area (Å²) in [7, 11) is 0. The van der Waals surface area contributed by atoms with Crippen LogP contribution < -0.4 is 0 Å². The van der Waals surface area contributed by atoms with Crippen molar-refractivity contribution in [3.8, 4) is 0 Å². The molecule has 0 aromatic heterocycles. The van der Waals surface area contributed by atoms with Crippen LogP contribution >= 0.6 is 0 Å². The normalized spacial score (nSPS) is 12.4. The second-order valence-corrected chi connectivity index (χ2v) is 3.81. The van der Waals surface area contributed by atoms with E-state index in [4.69, 9.17) is 4.74 Å². The third-order valence-electron chi connectivity index (χ3n) is 2.47. The first-order valence-electron chi connectivity index (χ1n) is 5.45. The van der Waals surface area contributed by atoms with Gasteiger partial charge in [-0.25, -0.2) is 8.78 Å². The number of benzene rings is 2. The highest BCUT2D eigenvalue weighted by molar-refractivity contribution is 5.19. The Labute approximate surface area is 103 Å². The van der Waals surface area contributed by atoms with Gasteiger partial charge in [0.15, 0.2) is 6.29 Å². The van der Waals surface area contributed by atoms with Gasteiger partial charge in [0.25, 0.3) is 0 Å². The second kappa shape index (κ2) is 5.71. The molecular weight excluding hydrogens is 238 g/mol. The zero-order valence-electron chi connectivity index (χ0n) is 9.51. The quantitative estimate of drug-likeness (QED) is 0.844. The Morgan fingerprint density at radius 3 is 2.56 bits per heavy atom. The molecule has 2 aromatic carbocycles. The van der Waals surface area contributed by atoms with Crippen LogP contribution in [0.15, 0.2) is 48.5 Å². The lowest BCUT2D eigenvalue weighted by Crippen LogP contribution is -2.05. The van der Waals surface area contributed by atoms with Gasteiger partial charge < -0.3 is 9.84 Å². The van der Waals surface area contributed by atoms with Crippen LogP contribution in [0.4, 0.5) is 8.78 Å². The minimum Gasteiger partial charge on any atom is -0.364 e. The number of aliphatic hydroxyl groups excluding tert-OH is 1. The van der Waals surface area contributed by atoms with Gasteiger partial charge in [0.1, 0.15) is 11.6 Å². The van der Waals surface area contributed by atoms with Crippen molar-refractivity contribution in [1.82, 2.24) is 0 Å². The molecule has 2 nitrogen and oxygen atoms in total. The van der Waals surface area contributed by atoms with Crippen LogP contribution in [0.5, 0.6) is 0 Å². The maximum absolute atomic E-state index is 13.3. The molecule has 0 fully saturated rings. The van der Waals surface area contributed by atoms with E-state index in [0.717, 1.165) is 0 Å². The van der Waals surface area contributed by atoms with Crippen LogP contribution in [0.25, 0.3) is 0 Å². The number of hydrogen-bond acceptors (Lipinski definition) is 2. The Hall–Kier alpha value is -1.78. The smallest absolute Gasteiger partial charge is 0.184 e. The molecule has 0 aliphatic carbocycles. The molecule has 0 radical (unpaired) electrons. The average molecular weight is 250 g/mol. The Kier molecular flexibility index (Phi) is 4.02. The summed E-state index contributed by atoms with van der Waals surface area (Å²) in [6, 6.07) is 11.6. The zero-order chi connectivity index (χ0) is 13.0. The Morgan fingerprint density at radius 2 is 1.83 bits per heavy atom. The third kappa shape index (κ3) is 3.12. The van der Waals surface area contributed by atoms with Gasteiger partial charge in [-0.05, 0) is 23.8 Å². The molecule has 0 saturated heterocycles. The molecule has 0 spiro atoms. The molecule has 94 valence electrons. The molecule has 0 aliphatic rings. The topological polar surface area (TPSA) is 29.5 Å². The van der Waals surface area contributed by atoms with Crippen LogP contribution in [0.3, 0.4) is 0 Å². The first-order chi connectivity index (χ1) is 8.66. The van der Waals surface area contributed by atoms with Crippen molar-refractivity contribution in [3.05, 3.63) is 71.3 Å². The number of ether oxygens (including phenoxy) is 1. The van der Waals surface area contributed by atoms with Gasteiger partial charge in [-0.3, -0.25) is 0 Å². The van der Waals surface area contributed by atoms with Crippen molar-refractivity contribution < 1.29 is 18.6 Å². The Bertz CT molecular complexity index is 529. The van der Waals surface area contributed by atoms with Crippen LogP contribution in [0.1, 0.15) is 17.4 Å². The maximum Gasteiger partial charge on any atom is 0.184 e. The van der Waals surface area contributed by atoms with E-state index in [0.29, 0.717) is 5.56 Å². The monoisotopic (exact) mass is 250 g/mol. The van der Waals surface area contributed by atoms with Crippen LogP contribution in [0.2, 0.25) is 0 Å². The molecule has 0 heterocycles. The third-order valence-corrected chi connectivity index (χ3v) is 2.47. The summed E-state index contributed by atoms with van der Waals surface area (Å²) in [5.41, 5.74) is 0.638. The summed E-state index contributed by atoms with van der Waals surface area (Å²) in [6.07, 6.45) is -1.37. The molecule has 0 aliphatic heterocycles. The summed E-state index contributed by atoms with van der Waals surface area (Å²) in [5, 5.41) is 9.68. The molecule has 0 amide bonds. The Morgan fingerprint density at radius 1 is 1.06 bits per heavy atom. The van der Waals surface area contributed by atoms with Gasteiger partial charge in [-0.2, -0.15) is 0 Å². The van der Waals surface area contributed by atoms with E-state index < -0.39 is 12.1 Å². The molecule has 0 bridgehead atoms. The molecule has 1 N–H and O–H groups in total. The van der Waals surface area contributed by atoms with Crippen molar-refractivity contribution in [2.45, 2.75) is 12.9 Å². The van der Waals surface area contributed by atoms with Gasteiger partial charge in [0, 0.05) is 5.56 Å². The second-order valence-electron chi connectivity index (χ2n) is 3.81. The molecule has 1 unspecified atom stereocenters. The fourth-order valence-corrected chi connectivity index (χ4v) is 1.57. The van der Waals surface area contributed by atoms with Gasteiger partial charge >= 0.3 is 0 Å². The number of hydrogen-bond donors (Lipinski definition) is 1. The van der Waals surface area contributed by atoms with Crippen molar-refractivity contribution in [2.24, 2.45) is 0 Å². The molecule has 0 saturated carbocycles. The maximum atomic E-state index is 13.3. The summed E-state index contributed by atoms with van der Waals surface area (Å²) in [4.78, 5) is 0. The fourth-order valence-electron chi connectivity index (χ4n) is 1.57.